The van der Waals surface area contributed by atoms with Crippen molar-refractivity contribution in [3.8, 4) is 0 Å². The van der Waals surface area contributed by atoms with E-state index in [2.05, 4.69) is 6.08 Å². The summed E-state index contributed by atoms with van der Waals surface area (Å²) in [7, 11) is 0. The van der Waals surface area contributed by atoms with Crippen LogP contribution < -0.4 is 0 Å². The molecule has 91 valence electrons. The van der Waals surface area contributed by atoms with E-state index >= 15 is 0 Å². The second-order valence-corrected chi connectivity index (χ2v) is 3.87. The monoisotopic (exact) mass is 388 g/mol. The van der Waals surface area contributed by atoms with Gasteiger partial charge in [-0.3, -0.25) is 6.08 Å². The summed E-state index contributed by atoms with van der Waals surface area (Å²) in [6.07, 6.45) is 16.0. The molecule has 1 fully saturated rings. The van der Waals surface area contributed by atoms with E-state index in [1.807, 2.05) is 0 Å². The van der Waals surface area contributed by atoms with Crippen LogP contribution in [0, 0.1) is 6.08 Å². The fourth-order valence-corrected chi connectivity index (χ4v) is 1.62. The van der Waals surface area contributed by atoms with E-state index in [0.717, 1.165) is 0 Å². The van der Waals surface area contributed by atoms with Crippen molar-refractivity contribution in [2.45, 2.75) is 65.2 Å². The van der Waals surface area contributed by atoms with Gasteiger partial charge in [-0.25, -0.2) is 0 Å². The van der Waals surface area contributed by atoms with Gasteiger partial charge in [-0.2, -0.15) is 6.08 Å². The first-order valence-electron chi connectivity index (χ1n) is 5.78. The van der Waals surface area contributed by atoms with E-state index in [-0.39, 0.29) is 25.9 Å². The van der Waals surface area contributed by atoms with E-state index in [4.69, 9.17) is 0 Å². The molecule has 0 aliphatic heterocycles. The van der Waals surface area contributed by atoms with Crippen molar-refractivity contribution in [2.24, 2.45) is 0 Å². The van der Waals surface area contributed by atoms with Crippen LogP contribution >= 0.6 is 0 Å². The fraction of sp³-hybridized carbons (Fsp3) is 0.769. The molecule has 1 aliphatic rings. The quantitative estimate of drug-likeness (QED) is 0.490. The third kappa shape index (κ3) is 16.7. The Hall–Kier alpha value is 0.0594. The first-order chi connectivity index (χ1) is 6.77. The zero-order valence-electron chi connectivity index (χ0n) is 9.98. The van der Waals surface area contributed by atoms with E-state index < -0.39 is 0 Å². The number of allylic oxidation sites excluding steroid dienone is 2. The molecule has 1 rings (SSSR count). The summed E-state index contributed by atoms with van der Waals surface area (Å²) in [5, 5.41) is 0. The Labute approximate surface area is 108 Å². The Morgan fingerprint density at radius 3 is 1.27 bits per heavy atom. The molecule has 0 heterocycles. The molecule has 0 bridgehead atoms. The largest absolute Gasteiger partial charge is 0.407 e. The number of carbonyl (C=O) groups excluding carboxylic acids is 1. The molecule has 0 saturated heterocycles. The summed E-state index contributed by atoms with van der Waals surface area (Å²) in [5.74, 6) is 0.0532. The molecule has 1 nitrogen and oxygen atoms in total. The molecule has 0 aromatic heterocycles. The maximum Gasteiger partial charge on any atom is 0 e. The van der Waals surface area contributed by atoms with Gasteiger partial charge >= 0.3 is 0 Å². The molecule has 1 saturated carbocycles. The van der Waals surface area contributed by atoms with E-state index in [1.165, 1.54) is 64.4 Å². The van der Waals surface area contributed by atoms with Crippen molar-refractivity contribution in [2.75, 3.05) is 0 Å². The number of hydrogen-bond acceptors (Lipinski definition) is 1. The van der Waals surface area contributed by atoms with Crippen molar-refractivity contribution in [1.82, 2.24) is 0 Å². The van der Waals surface area contributed by atoms with Gasteiger partial charge in [0.25, 0.3) is 0 Å². The number of hydrogen-bond donors (Lipinski definition) is 0. The molecule has 0 aromatic carbocycles. The summed E-state index contributed by atoms with van der Waals surface area (Å²) in [4.78, 5) is 9.93. The third-order valence-electron chi connectivity index (χ3n) is 2.35. The first-order valence-corrected chi connectivity index (χ1v) is 5.78. The van der Waals surface area contributed by atoms with Crippen molar-refractivity contribution in [3.63, 3.8) is 0 Å². The van der Waals surface area contributed by atoms with Gasteiger partial charge in [0.1, 0.15) is 0 Å². The molecular formula is C13H23IrO-. The Bertz CT molecular complexity index is 140. The Morgan fingerprint density at radius 1 is 0.933 bits per heavy atom. The van der Waals surface area contributed by atoms with Gasteiger partial charge in [0, 0.05) is 20.1 Å². The van der Waals surface area contributed by atoms with E-state index in [1.54, 1.807) is 6.92 Å². The predicted octanol–water partition coefficient (Wildman–Crippen LogP) is 4.07. The first kappa shape index (κ1) is 17.5. The standard InChI is InChI=1S/C8H16.C5H7O.Ir/c1-2-4-6-8-7-5-3-1;1-3-4-5(2)6;/h1-8H2;4H,1-2H3;/q;-1;. The normalized spacial score (nSPS) is 16.7. The van der Waals surface area contributed by atoms with Crippen LogP contribution in [0.1, 0.15) is 65.2 Å². The Morgan fingerprint density at radius 2 is 1.20 bits per heavy atom. The van der Waals surface area contributed by atoms with Crippen LogP contribution in [0.2, 0.25) is 0 Å². The fourth-order valence-electron chi connectivity index (χ4n) is 1.62. The van der Waals surface area contributed by atoms with Crippen LogP contribution in [-0.4, -0.2) is 5.78 Å². The van der Waals surface area contributed by atoms with Crippen molar-refractivity contribution in [3.05, 3.63) is 12.2 Å². The number of rotatable bonds is 1. The van der Waals surface area contributed by atoms with Gasteiger partial charge in [0.05, 0.1) is 0 Å². The number of ketones is 1. The summed E-state index contributed by atoms with van der Waals surface area (Å²) >= 11 is 0. The van der Waals surface area contributed by atoms with Gasteiger partial charge in [0.2, 0.25) is 0 Å². The molecule has 1 aliphatic carbocycles. The van der Waals surface area contributed by atoms with Gasteiger partial charge in [-0.05, 0) is 5.78 Å². The molecule has 2 heteroatoms. The van der Waals surface area contributed by atoms with Crippen LogP contribution in [-0.2, 0) is 24.9 Å². The molecule has 0 atom stereocenters. The van der Waals surface area contributed by atoms with E-state index in [9.17, 15) is 4.79 Å². The van der Waals surface area contributed by atoms with Gasteiger partial charge in [0.15, 0.2) is 0 Å². The zero-order chi connectivity index (χ0) is 10.6. The van der Waals surface area contributed by atoms with Crippen molar-refractivity contribution >= 4 is 5.78 Å². The predicted molar refractivity (Wildman–Crippen MR) is 61.1 cm³/mol. The number of carbonyl (C=O) groups is 1. The third-order valence-corrected chi connectivity index (χ3v) is 2.35. The second kappa shape index (κ2) is 14.1. The van der Waals surface area contributed by atoms with Crippen LogP contribution in [0.5, 0.6) is 0 Å². The molecule has 15 heavy (non-hydrogen) atoms. The van der Waals surface area contributed by atoms with Crippen LogP contribution in [0.15, 0.2) is 6.08 Å². The molecule has 0 unspecified atom stereocenters. The average molecular weight is 388 g/mol. The smallest absolute Gasteiger partial charge is 0 e. The molecule has 1 radical (unpaired) electrons. The minimum atomic E-state index is 0. The zero-order valence-corrected chi connectivity index (χ0v) is 12.4. The minimum Gasteiger partial charge on any atom is -0.407 e. The van der Waals surface area contributed by atoms with Crippen molar-refractivity contribution < 1.29 is 24.9 Å². The van der Waals surface area contributed by atoms with Crippen LogP contribution in [0.25, 0.3) is 0 Å². The van der Waals surface area contributed by atoms with Crippen molar-refractivity contribution in [1.29, 1.82) is 0 Å². The summed E-state index contributed by atoms with van der Waals surface area (Å²) in [6.45, 7) is 3.19. The average Bonchev–Trinajstić information content (AvgIpc) is 2.02. The maximum atomic E-state index is 9.93. The molecule has 0 amide bonds. The molecule has 0 aromatic rings. The van der Waals surface area contributed by atoms with Crippen LogP contribution in [0.3, 0.4) is 0 Å². The minimum absolute atomic E-state index is 0. The Balaban J connectivity index is 0. The summed E-state index contributed by atoms with van der Waals surface area (Å²) in [6, 6.07) is 0. The van der Waals surface area contributed by atoms with Gasteiger partial charge in [-0.15, -0.1) is 6.92 Å². The van der Waals surface area contributed by atoms with Gasteiger partial charge in [-0.1, -0.05) is 58.3 Å². The maximum absolute atomic E-state index is 9.93. The molecule has 0 spiro atoms. The van der Waals surface area contributed by atoms with Gasteiger partial charge < -0.3 is 4.79 Å². The second-order valence-electron chi connectivity index (χ2n) is 3.87. The summed E-state index contributed by atoms with van der Waals surface area (Å²) < 4.78 is 0. The SMILES string of the molecule is C1CCCCCCC1.C[C-]=CC(C)=O.[Ir]. The Kier molecular flexibility index (Phi) is 16.4. The topological polar surface area (TPSA) is 17.1 Å². The summed E-state index contributed by atoms with van der Waals surface area (Å²) in [5.41, 5.74) is 0. The molecular weight excluding hydrogens is 364 g/mol. The van der Waals surface area contributed by atoms with Crippen LogP contribution in [0.4, 0.5) is 0 Å². The van der Waals surface area contributed by atoms with E-state index in [0.29, 0.717) is 0 Å². The molecule has 0 N–H and O–H groups in total.